The number of halogens is 2. The summed E-state index contributed by atoms with van der Waals surface area (Å²) in [6.07, 6.45) is 1.66. The lowest BCUT2D eigenvalue weighted by Crippen LogP contribution is -2.18. The van der Waals surface area contributed by atoms with Crippen LogP contribution in [0.1, 0.15) is 11.5 Å². The second kappa shape index (κ2) is 5.79. The van der Waals surface area contributed by atoms with Gasteiger partial charge >= 0.3 is 11.4 Å². The minimum atomic E-state index is -0.828. The Kier molecular flexibility index (Phi) is 3.49. The van der Waals surface area contributed by atoms with Gasteiger partial charge < -0.3 is 4.52 Å². The van der Waals surface area contributed by atoms with Gasteiger partial charge in [-0.05, 0) is 18.2 Å². The molecule has 0 bridgehead atoms. The van der Waals surface area contributed by atoms with Crippen LogP contribution in [0.4, 0.5) is 0 Å². The SMILES string of the molecule is O=c1[nH]c(=O)n(Cc2nc3n(n2)Cc2c(Cl)ncn2-c2ccc(Br)cc2-3)o1. The van der Waals surface area contributed by atoms with Crippen molar-refractivity contribution in [3.05, 3.63) is 66.7 Å². The van der Waals surface area contributed by atoms with Gasteiger partial charge in [-0.1, -0.05) is 27.5 Å². The number of imidazole rings is 1. The number of nitrogens with one attached hydrogen (secondary N) is 1. The van der Waals surface area contributed by atoms with Gasteiger partial charge in [0.1, 0.15) is 12.9 Å². The largest absolute Gasteiger partial charge is 0.440 e. The summed E-state index contributed by atoms with van der Waals surface area (Å²) in [7, 11) is 0. The lowest BCUT2D eigenvalue weighted by molar-refractivity contribution is 0.254. The van der Waals surface area contributed by atoms with Crippen molar-refractivity contribution in [1.29, 1.82) is 0 Å². The first-order chi connectivity index (χ1) is 13.0. The van der Waals surface area contributed by atoms with E-state index in [1.165, 1.54) is 0 Å². The van der Waals surface area contributed by atoms with Gasteiger partial charge in [0.2, 0.25) is 0 Å². The van der Waals surface area contributed by atoms with Crippen LogP contribution in [0.5, 0.6) is 0 Å². The summed E-state index contributed by atoms with van der Waals surface area (Å²) in [4.78, 5) is 33.6. The van der Waals surface area contributed by atoms with Crippen LogP contribution in [-0.2, 0) is 13.1 Å². The Morgan fingerprint density at radius 3 is 2.96 bits per heavy atom. The summed E-state index contributed by atoms with van der Waals surface area (Å²) in [6, 6.07) is 5.77. The molecule has 0 unspecified atom stereocenters. The van der Waals surface area contributed by atoms with Crippen LogP contribution < -0.4 is 11.4 Å². The summed E-state index contributed by atoms with van der Waals surface area (Å²) >= 11 is 9.73. The number of nitrogens with zero attached hydrogens (tertiary/aromatic N) is 6. The van der Waals surface area contributed by atoms with E-state index in [0.29, 0.717) is 23.3 Å². The molecule has 12 heteroatoms. The lowest BCUT2D eigenvalue weighted by atomic mass is 10.1. The molecule has 4 aromatic rings. The maximum absolute atomic E-state index is 11.7. The first-order valence-corrected chi connectivity index (χ1v) is 8.93. The number of aromatic amines is 1. The van der Waals surface area contributed by atoms with E-state index in [1.54, 1.807) is 11.0 Å². The van der Waals surface area contributed by atoms with Gasteiger partial charge in [-0.2, -0.15) is 5.10 Å². The van der Waals surface area contributed by atoms with Crippen LogP contribution in [0, 0.1) is 0 Å². The first-order valence-electron chi connectivity index (χ1n) is 7.76. The molecule has 0 saturated heterocycles. The Hall–Kier alpha value is -2.92. The average Bonchev–Trinajstić information content (AvgIpc) is 3.25. The molecular weight excluding hydrogens is 442 g/mol. The van der Waals surface area contributed by atoms with Crippen molar-refractivity contribution in [2.24, 2.45) is 0 Å². The van der Waals surface area contributed by atoms with Gasteiger partial charge in [0.25, 0.3) is 0 Å². The van der Waals surface area contributed by atoms with Gasteiger partial charge in [0, 0.05) is 10.0 Å². The van der Waals surface area contributed by atoms with E-state index < -0.39 is 11.4 Å². The number of rotatable bonds is 2. The zero-order chi connectivity index (χ0) is 18.7. The highest BCUT2D eigenvalue weighted by Crippen LogP contribution is 2.34. The molecule has 3 aromatic heterocycles. The van der Waals surface area contributed by atoms with Crippen LogP contribution in [0.2, 0.25) is 5.15 Å². The van der Waals surface area contributed by atoms with E-state index in [4.69, 9.17) is 16.1 Å². The van der Waals surface area contributed by atoms with Gasteiger partial charge in [0.05, 0.1) is 17.9 Å². The Labute approximate surface area is 163 Å². The maximum atomic E-state index is 11.7. The molecule has 27 heavy (non-hydrogen) atoms. The molecule has 0 fully saturated rings. The highest BCUT2D eigenvalue weighted by molar-refractivity contribution is 9.10. The topological polar surface area (TPSA) is 117 Å². The number of hydrogen-bond acceptors (Lipinski definition) is 6. The van der Waals surface area contributed by atoms with E-state index in [1.807, 2.05) is 27.8 Å². The molecule has 5 rings (SSSR count). The first kappa shape index (κ1) is 16.3. The highest BCUT2D eigenvalue weighted by atomic mass is 79.9. The minimum absolute atomic E-state index is 0.0755. The van der Waals surface area contributed by atoms with Crippen molar-refractivity contribution in [3.8, 4) is 17.1 Å². The Bertz CT molecular complexity index is 1310. The number of hydrogen-bond donors (Lipinski definition) is 1. The predicted molar refractivity (Wildman–Crippen MR) is 97.1 cm³/mol. The second-order valence-corrected chi connectivity index (χ2v) is 7.14. The van der Waals surface area contributed by atoms with Crippen molar-refractivity contribution >= 4 is 27.5 Å². The Balaban J connectivity index is 1.69. The zero-order valence-corrected chi connectivity index (χ0v) is 15.7. The van der Waals surface area contributed by atoms with Crippen LogP contribution in [0.3, 0.4) is 0 Å². The summed E-state index contributed by atoms with van der Waals surface area (Å²) in [5.41, 5.74) is 1.78. The van der Waals surface area contributed by atoms with Crippen LogP contribution in [0.25, 0.3) is 17.1 Å². The molecular formula is C15H9BrClN7O3. The molecule has 1 aliphatic rings. The molecule has 0 amide bonds. The third kappa shape index (κ3) is 2.58. The fraction of sp³-hybridized carbons (Fsp3) is 0.133. The number of fused-ring (bicyclic) bond motifs is 5. The Morgan fingerprint density at radius 1 is 1.33 bits per heavy atom. The van der Waals surface area contributed by atoms with E-state index in [0.717, 1.165) is 26.2 Å². The fourth-order valence-corrected chi connectivity index (χ4v) is 3.61. The maximum Gasteiger partial charge on any atom is 0.440 e. The van der Waals surface area contributed by atoms with Crippen molar-refractivity contribution in [1.82, 2.24) is 34.0 Å². The zero-order valence-electron chi connectivity index (χ0n) is 13.4. The smallest absolute Gasteiger partial charge is 0.316 e. The lowest BCUT2D eigenvalue weighted by Gasteiger charge is -2.08. The number of benzene rings is 1. The summed E-state index contributed by atoms with van der Waals surface area (Å²) < 4.78 is 10.1. The molecule has 1 aromatic carbocycles. The number of aromatic nitrogens is 7. The van der Waals surface area contributed by atoms with Crippen molar-refractivity contribution in [2.75, 3.05) is 0 Å². The van der Waals surface area contributed by atoms with Crippen LogP contribution in [0.15, 0.2) is 43.1 Å². The third-order valence-electron chi connectivity index (χ3n) is 4.20. The molecule has 4 heterocycles. The van der Waals surface area contributed by atoms with Crippen molar-refractivity contribution in [3.63, 3.8) is 0 Å². The van der Waals surface area contributed by atoms with Crippen molar-refractivity contribution < 1.29 is 4.52 Å². The molecule has 0 atom stereocenters. The van der Waals surface area contributed by atoms with E-state index in [9.17, 15) is 9.59 Å². The quantitative estimate of drug-likeness (QED) is 0.434. The van der Waals surface area contributed by atoms with E-state index in [2.05, 4.69) is 31.0 Å². The van der Waals surface area contributed by atoms with Crippen LogP contribution >= 0.6 is 27.5 Å². The van der Waals surface area contributed by atoms with E-state index >= 15 is 0 Å². The summed E-state index contributed by atoms with van der Waals surface area (Å²) in [6.45, 7) is 0.271. The predicted octanol–water partition coefficient (Wildman–Crippen LogP) is 1.40. The molecule has 0 aliphatic carbocycles. The van der Waals surface area contributed by atoms with Gasteiger partial charge in [-0.15, -0.1) is 4.74 Å². The second-order valence-electron chi connectivity index (χ2n) is 5.87. The molecule has 0 saturated carbocycles. The van der Waals surface area contributed by atoms with Crippen LogP contribution in [-0.4, -0.2) is 34.0 Å². The highest BCUT2D eigenvalue weighted by Gasteiger charge is 2.25. The minimum Gasteiger partial charge on any atom is -0.316 e. The average molecular weight is 451 g/mol. The molecule has 1 N–H and O–H groups in total. The van der Waals surface area contributed by atoms with Gasteiger partial charge in [-0.25, -0.2) is 29.2 Å². The molecule has 136 valence electrons. The monoisotopic (exact) mass is 449 g/mol. The fourth-order valence-electron chi connectivity index (χ4n) is 3.05. The van der Waals surface area contributed by atoms with E-state index in [-0.39, 0.29) is 6.54 Å². The Morgan fingerprint density at radius 2 is 2.19 bits per heavy atom. The van der Waals surface area contributed by atoms with Crippen molar-refractivity contribution in [2.45, 2.75) is 13.1 Å². The van der Waals surface area contributed by atoms with Gasteiger partial charge in [-0.3, -0.25) is 4.57 Å². The molecule has 10 nitrogen and oxygen atoms in total. The summed E-state index contributed by atoms with van der Waals surface area (Å²) in [5, 5.41) is 4.84. The standard InChI is InChI=1S/C15H9BrClN7O3/c16-7-1-2-9-8(3-7)13-19-11(5-24-14(25)20-15(26)27-24)21-23(13)4-10-12(17)18-6-22(9)10/h1-3,6H,4-5H2,(H,20,25,26). The number of H-pyrrole nitrogens is 1. The molecule has 1 aliphatic heterocycles. The van der Waals surface area contributed by atoms with Gasteiger partial charge in [0.15, 0.2) is 16.8 Å². The third-order valence-corrected chi connectivity index (χ3v) is 5.01. The normalized spacial score (nSPS) is 12.4. The molecule has 0 radical (unpaired) electrons. The molecule has 0 spiro atoms. The summed E-state index contributed by atoms with van der Waals surface area (Å²) in [5.74, 6) is 0.0996.